The molecule has 0 bridgehead atoms. The first-order valence-corrected chi connectivity index (χ1v) is 5.37. The average molecular weight is 254 g/mol. The summed E-state index contributed by atoms with van der Waals surface area (Å²) in [6.45, 7) is 2.02. The molecule has 2 nitrogen and oxygen atoms in total. The maximum Gasteiger partial charge on any atom is 0.235 e. The van der Waals surface area contributed by atoms with Crippen molar-refractivity contribution in [1.82, 2.24) is 0 Å². The summed E-state index contributed by atoms with van der Waals surface area (Å²) in [7, 11) is 0. The summed E-state index contributed by atoms with van der Waals surface area (Å²) < 4.78 is 1.07. The van der Waals surface area contributed by atoms with Gasteiger partial charge >= 0.3 is 0 Å². The minimum Gasteiger partial charge on any atom is -0.211 e. The molecule has 0 saturated carbocycles. The molecule has 0 N–H and O–H groups in total. The zero-order chi connectivity index (χ0) is 10.4. The van der Waals surface area contributed by atoms with E-state index < -0.39 is 0 Å². The van der Waals surface area contributed by atoms with E-state index in [1.807, 2.05) is 31.2 Å². The van der Waals surface area contributed by atoms with Gasteiger partial charge in [0, 0.05) is 4.47 Å². The van der Waals surface area contributed by atoms with Crippen molar-refractivity contribution in [2.45, 2.75) is 25.8 Å². The van der Waals surface area contributed by atoms with E-state index in [4.69, 9.17) is 0 Å². The molecule has 14 heavy (non-hydrogen) atoms. The third-order valence-electron chi connectivity index (χ3n) is 2.12. The highest BCUT2D eigenvalue weighted by Crippen LogP contribution is 2.19. The Kier molecular flexibility index (Phi) is 4.57. The van der Waals surface area contributed by atoms with Crippen LogP contribution in [0.1, 0.15) is 18.9 Å². The Balaban J connectivity index is 2.76. The van der Waals surface area contributed by atoms with Crippen molar-refractivity contribution in [1.29, 1.82) is 0 Å². The molecule has 0 aliphatic rings. The van der Waals surface area contributed by atoms with E-state index in [1.54, 1.807) is 6.08 Å². The number of benzene rings is 1. The van der Waals surface area contributed by atoms with Gasteiger partial charge in [-0.1, -0.05) is 41.1 Å². The molecule has 74 valence electrons. The van der Waals surface area contributed by atoms with Gasteiger partial charge in [-0.05, 0) is 24.5 Å². The van der Waals surface area contributed by atoms with Crippen LogP contribution >= 0.6 is 15.9 Å². The fraction of sp³-hybridized carbons (Fsp3) is 0.364. The zero-order valence-electron chi connectivity index (χ0n) is 8.03. The largest absolute Gasteiger partial charge is 0.235 e. The maximum absolute atomic E-state index is 10.1. The highest BCUT2D eigenvalue weighted by atomic mass is 79.9. The number of isocyanates is 1. The van der Waals surface area contributed by atoms with Crippen molar-refractivity contribution in [3.05, 3.63) is 34.3 Å². The van der Waals surface area contributed by atoms with Crippen LogP contribution in [0.4, 0.5) is 0 Å². The maximum atomic E-state index is 10.1. The molecule has 0 aliphatic heterocycles. The molecule has 0 fully saturated rings. The van der Waals surface area contributed by atoms with Crippen molar-refractivity contribution in [2.75, 3.05) is 0 Å². The zero-order valence-corrected chi connectivity index (χ0v) is 9.62. The molecule has 0 aliphatic carbocycles. The number of nitrogens with zero attached hydrogens (tertiary/aromatic N) is 1. The van der Waals surface area contributed by atoms with Crippen molar-refractivity contribution >= 4 is 22.0 Å². The number of aliphatic imine (C=N–C) groups is 1. The van der Waals surface area contributed by atoms with Gasteiger partial charge in [0.2, 0.25) is 6.08 Å². The van der Waals surface area contributed by atoms with E-state index in [0.29, 0.717) is 0 Å². The first-order chi connectivity index (χ1) is 6.77. The van der Waals surface area contributed by atoms with Gasteiger partial charge in [-0.3, -0.25) is 0 Å². The number of hydrogen-bond donors (Lipinski definition) is 0. The topological polar surface area (TPSA) is 29.4 Å². The average Bonchev–Trinajstić information content (AvgIpc) is 2.20. The Morgan fingerprint density at radius 2 is 2.21 bits per heavy atom. The Hall–Kier alpha value is -0.920. The number of carbonyl (C=O) groups excluding carboxylic acids is 1. The second kappa shape index (κ2) is 5.74. The monoisotopic (exact) mass is 253 g/mol. The van der Waals surface area contributed by atoms with Crippen LogP contribution in [0.25, 0.3) is 0 Å². The van der Waals surface area contributed by atoms with Gasteiger partial charge in [-0.15, -0.1) is 0 Å². The molecule has 0 radical (unpaired) electrons. The lowest BCUT2D eigenvalue weighted by Gasteiger charge is -2.08. The minimum absolute atomic E-state index is 0.0474. The lowest BCUT2D eigenvalue weighted by Crippen LogP contribution is -2.06. The predicted molar refractivity (Wildman–Crippen MR) is 60.0 cm³/mol. The van der Waals surface area contributed by atoms with E-state index in [0.717, 1.165) is 17.3 Å². The molecule has 0 saturated heterocycles. The van der Waals surface area contributed by atoms with E-state index in [9.17, 15) is 4.79 Å². The molecule has 0 unspecified atom stereocenters. The smallest absolute Gasteiger partial charge is 0.211 e. The number of rotatable bonds is 4. The van der Waals surface area contributed by atoms with E-state index >= 15 is 0 Å². The summed E-state index contributed by atoms with van der Waals surface area (Å²) in [6, 6.07) is 8.03. The molecule has 0 aromatic heterocycles. The normalized spacial score (nSPS) is 11.9. The molecule has 1 rings (SSSR count). The fourth-order valence-corrected chi connectivity index (χ4v) is 1.72. The predicted octanol–water partition coefficient (Wildman–Crippen LogP) is 3.11. The van der Waals surface area contributed by atoms with Gasteiger partial charge in [0.05, 0.1) is 6.04 Å². The lowest BCUT2D eigenvalue weighted by atomic mass is 10.0. The summed E-state index contributed by atoms with van der Waals surface area (Å²) in [5.41, 5.74) is 1.18. The standard InChI is InChI=1S/C11H12BrNO/c1-2-10(13-8-14)7-9-5-3-4-6-11(9)12/h3-6,10H,2,7H2,1H3/t10-/m1/s1. The third-order valence-corrected chi connectivity index (χ3v) is 2.89. The molecular formula is C11H12BrNO. The molecule has 1 aromatic carbocycles. The Labute approximate surface area is 92.2 Å². The van der Waals surface area contributed by atoms with Crippen LogP contribution in [0.2, 0.25) is 0 Å². The van der Waals surface area contributed by atoms with Crippen LogP contribution in [0.3, 0.4) is 0 Å². The molecule has 1 atom stereocenters. The molecule has 0 amide bonds. The quantitative estimate of drug-likeness (QED) is 0.599. The Bertz CT molecular complexity index is 345. The van der Waals surface area contributed by atoms with Gasteiger partial charge in [0.1, 0.15) is 0 Å². The highest BCUT2D eigenvalue weighted by molar-refractivity contribution is 9.10. The number of halogens is 1. The molecule has 0 heterocycles. The summed E-state index contributed by atoms with van der Waals surface area (Å²) in [4.78, 5) is 13.9. The van der Waals surface area contributed by atoms with Crippen molar-refractivity contribution < 1.29 is 4.79 Å². The van der Waals surface area contributed by atoms with Crippen LogP contribution in [0.5, 0.6) is 0 Å². The first kappa shape index (κ1) is 11.2. The van der Waals surface area contributed by atoms with Crippen molar-refractivity contribution in [3.63, 3.8) is 0 Å². The van der Waals surface area contributed by atoms with Gasteiger partial charge in [-0.2, -0.15) is 0 Å². The van der Waals surface area contributed by atoms with Crippen molar-refractivity contribution in [2.24, 2.45) is 4.99 Å². The Morgan fingerprint density at radius 1 is 1.50 bits per heavy atom. The highest BCUT2D eigenvalue weighted by Gasteiger charge is 2.07. The van der Waals surface area contributed by atoms with Gasteiger partial charge in [0.25, 0.3) is 0 Å². The fourth-order valence-electron chi connectivity index (χ4n) is 1.27. The van der Waals surface area contributed by atoms with Gasteiger partial charge in [-0.25, -0.2) is 9.79 Å². The minimum atomic E-state index is 0.0474. The van der Waals surface area contributed by atoms with Crippen molar-refractivity contribution in [3.8, 4) is 0 Å². The molecule has 0 spiro atoms. The van der Waals surface area contributed by atoms with Crippen LogP contribution in [-0.2, 0) is 11.2 Å². The third kappa shape index (κ3) is 3.09. The van der Waals surface area contributed by atoms with E-state index in [1.165, 1.54) is 5.56 Å². The summed E-state index contributed by atoms with van der Waals surface area (Å²) in [5.74, 6) is 0. The number of hydrogen-bond acceptors (Lipinski definition) is 2. The van der Waals surface area contributed by atoms with Gasteiger partial charge in [0.15, 0.2) is 0 Å². The lowest BCUT2D eigenvalue weighted by molar-refractivity contribution is 0.552. The summed E-state index contributed by atoms with van der Waals surface area (Å²) in [6.07, 6.45) is 3.26. The SMILES string of the molecule is CC[C@H](Cc1ccccc1Br)N=C=O. The first-order valence-electron chi connectivity index (χ1n) is 4.58. The second-order valence-corrected chi connectivity index (χ2v) is 3.93. The van der Waals surface area contributed by atoms with E-state index in [2.05, 4.69) is 20.9 Å². The second-order valence-electron chi connectivity index (χ2n) is 3.08. The summed E-state index contributed by atoms with van der Waals surface area (Å²) >= 11 is 3.46. The van der Waals surface area contributed by atoms with Crippen LogP contribution < -0.4 is 0 Å². The van der Waals surface area contributed by atoms with Crippen LogP contribution in [0.15, 0.2) is 33.7 Å². The molecule has 1 aromatic rings. The molecule has 3 heteroatoms. The summed E-state index contributed by atoms with van der Waals surface area (Å²) in [5, 5.41) is 0. The van der Waals surface area contributed by atoms with E-state index in [-0.39, 0.29) is 6.04 Å². The van der Waals surface area contributed by atoms with Gasteiger partial charge < -0.3 is 0 Å². The van der Waals surface area contributed by atoms with Crippen LogP contribution in [0, 0.1) is 0 Å². The molecular weight excluding hydrogens is 242 g/mol. The Morgan fingerprint density at radius 3 is 2.79 bits per heavy atom. The van der Waals surface area contributed by atoms with Crippen LogP contribution in [-0.4, -0.2) is 12.1 Å².